The summed E-state index contributed by atoms with van der Waals surface area (Å²) < 4.78 is 0. The molecule has 0 spiro atoms. The number of carbonyl (C=O) groups is 2. The van der Waals surface area contributed by atoms with Crippen molar-refractivity contribution in [2.75, 3.05) is 23.7 Å². The first kappa shape index (κ1) is 13.4. The first-order valence-electron chi connectivity index (χ1n) is 7.00. The van der Waals surface area contributed by atoms with Gasteiger partial charge in [-0.15, -0.1) is 11.3 Å². The molecule has 1 atom stereocenters. The zero-order valence-electron chi connectivity index (χ0n) is 11.5. The lowest BCUT2D eigenvalue weighted by Gasteiger charge is -2.16. The molecule has 1 aromatic rings. The number of rotatable bonds is 4. The smallest absolute Gasteiger partial charge is 0.217 e. The van der Waals surface area contributed by atoms with Crippen LogP contribution in [0.25, 0.3) is 0 Å². The lowest BCUT2D eigenvalue weighted by Crippen LogP contribution is -2.35. The molecule has 3 N–H and O–H groups in total. The van der Waals surface area contributed by atoms with Crippen LogP contribution in [0, 0.1) is 5.92 Å². The molecule has 1 aliphatic carbocycles. The molecule has 1 saturated carbocycles. The SMILES string of the molecule is CC(=O)NC1CCN(c2cc(N)c(C(=O)C3CC3)s2)C1. The van der Waals surface area contributed by atoms with Crippen LogP contribution >= 0.6 is 11.3 Å². The number of anilines is 2. The lowest BCUT2D eigenvalue weighted by molar-refractivity contribution is -0.119. The molecule has 2 fully saturated rings. The van der Waals surface area contributed by atoms with Gasteiger partial charge in [-0.25, -0.2) is 0 Å². The molecule has 3 rings (SSSR count). The van der Waals surface area contributed by atoms with Crippen LogP contribution in [0.4, 0.5) is 10.7 Å². The highest BCUT2D eigenvalue weighted by Crippen LogP contribution is 2.40. The van der Waals surface area contributed by atoms with Crippen molar-refractivity contribution in [3.8, 4) is 0 Å². The molecule has 1 amide bonds. The average molecular weight is 293 g/mol. The second kappa shape index (κ2) is 5.09. The molecule has 1 saturated heterocycles. The fourth-order valence-corrected chi connectivity index (χ4v) is 3.77. The first-order valence-corrected chi connectivity index (χ1v) is 7.82. The van der Waals surface area contributed by atoms with Crippen LogP contribution in [0.2, 0.25) is 0 Å². The number of thiophene rings is 1. The standard InChI is InChI=1S/C14H19N3O2S/c1-8(18)16-10-4-5-17(7-10)12-6-11(15)14(20-12)13(19)9-2-3-9/h6,9-10H,2-5,7,15H2,1H3,(H,16,18). The van der Waals surface area contributed by atoms with E-state index < -0.39 is 0 Å². The van der Waals surface area contributed by atoms with Gasteiger partial charge in [0.15, 0.2) is 5.78 Å². The third-order valence-corrected chi connectivity index (χ3v) is 5.05. The summed E-state index contributed by atoms with van der Waals surface area (Å²) in [7, 11) is 0. The van der Waals surface area contributed by atoms with Gasteiger partial charge < -0.3 is 16.0 Å². The Bertz CT molecular complexity index is 551. The van der Waals surface area contributed by atoms with Crippen LogP contribution in [-0.4, -0.2) is 30.8 Å². The maximum absolute atomic E-state index is 12.1. The molecule has 5 nitrogen and oxygen atoms in total. The number of amides is 1. The van der Waals surface area contributed by atoms with E-state index in [0.29, 0.717) is 10.6 Å². The highest BCUT2D eigenvalue weighted by Gasteiger charge is 2.33. The van der Waals surface area contributed by atoms with Gasteiger partial charge in [0.25, 0.3) is 0 Å². The van der Waals surface area contributed by atoms with Crippen LogP contribution in [0.1, 0.15) is 35.9 Å². The molecule has 1 aromatic heterocycles. The monoisotopic (exact) mass is 293 g/mol. The Morgan fingerprint density at radius 1 is 1.40 bits per heavy atom. The minimum absolute atomic E-state index is 0.00661. The van der Waals surface area contributed by atoms with E-state index in [1.165, 1.54) is 18.3 Å². The van der Waals surface area contributed by atoms with Crippen LogP contribution in [-0.2, 0) is 4.79 Å². The maximum atomic E-state index is 12.1. The van der Waals surface area contributed by atoms with Crippen molar-refractivity contribution in [3.05, 3.63) is 10.9 Å². The minimum atomic E-state index is 0.00661. The highest BCUT2D eigenvalue weighted by molar-refractivity contribution is 7.18. The zero-order chi connectivity index (χ0) is 14.3. The van der Waals surface area contributed by atoms with E-state index >= 15 is 0 Å². The number of nitrogens with zero attached hydrogens (tertiary/aromatic N) is 1. The van der Waals surface area contributed by atoms with Crippen LogP contribution in [0.5, 0.6) is 0 Å². The van der Waals surface area contributed by atoms with Gasteiger partial charge in [-0.1, -0.05) is 0 Å². The number of carbonyl (C=O) groups excluding carboxylic acids is 2. The van der Waals surface area contributed by atoms with Gasteiger partial charge in [0.1, 0.15) is 0 Å². The van der Waals surface area contributed by atoms with Gasteiger partial charge in [0.2, 0.25) is 5.91 Å². The van der Waals surface area contributed by atoms with E-state index in [-0.39, 0.29) is 23.7 Å². The topological polar surface area (TPSA) is 75.4 Å². The van der Waals surface area contributed by atoms with E-state index in [0.717, 1.165) is 37.4 Å². The number of nitrogens with one attached hydrogen (secondary N) is 1. The number of Topliss-reactive ketones (excluding diaryl/α,β-unsaturated/α-hetero) is 1. The Labute approximate surface area is 122 Å². The van der Waals surface area contributed by atoms with Crippen molar-refractivity contribution in [1.29, 1.82) is 0 Å². The van der Waals surface area contributed by atoms with Crippen molar-refractivity contribution in [2.24, 2.45) is 5.92 Å². The van der Waals surface area contributed by atoms with E-state index in [2.05, 4.69) is 10.2 Å². The van der Waals surface area contributed by atoms with Gasteiger partial charge in [0.05, 0.1) is 15.6 Å². The normalized spacial score (nSPS) is 22.1. The second-order valence-electron chi connectivity index (χ2n) is 5.64. The quantitative estimate of drug-likeness (QED) is 0.828. The minimum Gasteiger partial charge on any atom is -0.397 e. The van der Waals surface area contributed by atoms with E-state index in [1.54, 1.807) is 0 Å². The van der Waals surface area contributed by atoms with E-state index in [4.69, 9.17) is 5.73 Å². The van der Waals surface area contributed by atoms with Gasteiger partial charge >= 0.3 is 0 Å². The summed E-state index contributed by atoms with van der Waals surface area (Å²) in [6, 6.07) is 2.09. The number of hydrogen-bond donors (Lipinski definition) is 2. The van der Waals surface area contributed by atoms with Crippen LogP contribution in [0.3, 0.4) is 0 Å². The van der Waals surface area contributed by atoms with E-state index in [9.17, 15) is 9.59 Å². The summed E-state index contributed by atoms with van der Waals surface area (Å²) >= 11 is 1.49. The Morgan fingerprint density at radius 2 is 2.15 bits per heavy atom. The predicted molar refractivity (Wildman–Crippen MR) is 80.2 cm³/mol. The van der Waals surface area contributed by atoms with Crippen molar-refractivity contribution >= 4 is 33.7 Å². The van der Waals surface area contributed by atoms with Crippen LogP contribution < -0.4 is 16.0 Å². The average Bonchev–Trinajstić information content (AvgIpc) is 3.02. The third kappa shape index (κ3) is 2.65. The predicted octanol–water partition coefficient (Wildman–Crippen LogP) is 1.64. The first-order chi connectivity index (χ1) is 9.54. The molecule has 6 heteroatoms. The Balaban J connectivity index is 1.70. The highest BCUT2D eigenvalue weighted by atomic mass is 32.1. The summed E-state index contributed by atoms with van der Waals surface area (Å²) in [5.74, 6) is 0.415. The molecular formula is C14H19N3O2S. The summed E-state index contributed by atoms with van der Waals surface area (Å²) in [6.07, 6.45) is 2.93. The third-order valence-electron chi connectivity index (χ3n) is 3.83. The van der Waals surface area contributed by atoms with Crippen molar-refractivity contribution in [3.63, 3.8) is 0 Å². The molecule has 20 heavy (non-hydrogen) atoms. The number of ketones is 1. The Morgan fingerprint density at radius 3 is 2.80 bits per heavy atom. The molecule has 0 aromatic carbocycles. The lowest BCUT2D eigenvalue weighted by atomic mass is 10.2. The van der Waals surface area contributed by atoms with Crippen molar-refractivity contribution in [1.82, 2.24) is 5.32 Å². The molecule has 108 valence electrons. The number of nitrogen functional groups attached to an aromatic ring is 1. The molecule has 2 heterocycles. The summed E-state index contributed by atoms with van der Waals surface area (Å²) in [5, 5.41) is 3.98. The Kier molecular flexibility index (Phi) is 3.41. The molecule has 1 aliphatic heterocycles. The summed E-state index contributed by atoms with van der Waals surface area (Å²) in [4.78, 5) is 26.1. The number of hydrogen-bond acceptors (Lipinski definition) is 5. The zero-order valence-corrected chi connectivity index (χ0v) is 12.3. The fraction of sp³-hybridized carbons (Fsp3) is 0.571. The van der Waals surface area contributed by atoms with Gasteiger partial charge in [-0.3, -0.25) is 9.59 Å². The van der Waals surface area contributed by atoms with Crippen LogP contribution in [0.15, 0.2) is 6.07 Å². The van der Waals surface area contributed by atoms with E-state index in [1.807, 2.05) is 6.07 Å². The van der Waals surface area contributed by atoms with Gasteiger partial charge in [0, 0.05) is 32.0 Å². The number of nitrogens with two attached hydrogens (primary N) is 1. The fourth-order valence-electron chi connectivity index (χ4n) is 2.64. The maximum Gasteiger partial charge on any atom is 0.217 e. The van der Waals surface area contributed by atoms with Gasteiger partial charge in [-0.2, -0.15) is 0 Å². The van der Waals surface area contributed by atoms with Crippen molar-refractivity contribution in [2.45, 2.75) is 32.2 Å². The molecular weight excluding hydrogens is 274 g/mol. The summed E-state index contributed by atoms with van der Waals surface area (Å²) in [6.45, 7) is 3.22. The van der Waals surface area contributed by atoms with Gasteiger partial charge in [-0.05, 0) is 25.3 Å². The molecule has 0 bridgehead atoms. The summed E-state index contributed by atoms with van der Waals surface area (Å²) in [5.41, 5.74) is 6.59. The second-order valence-corrected chi connectivity index (χ2v) is 6.67. The molecule has 0 radical (unpaired) electrons. The molecule has 1 unspecified atom stereocenters. The molecule has 2 aliphatic rings. The largest absolute Gasteiger partial charge is 0.397 e. The van der Waals surface area contributed by atoms with Crippen molar-refractivity contribution < 1.29 is 9.59 Å². The Hall–Kier alpha value is -1.56.